The van der Waals surface area contributed by atoms with Crippen molar-refractivity contribution in [3.05, 3.63) is 0 Å². The first-order valence-electron chi connectivity index (χ1n) is 9.36. The largest absolute Gasteiger partial charge is 0.325 e. The predicted octanol–water partition coefficient (Wildman–Crippen LogP) is 3.68. The van der Waals surface area contributed by atoms with Gasteiger partial charge in [0.2, 0.25) is 5.91 Å². The van der Waals surface area contributed by atoms with Crippen LogP contribution in [0.4, 0.5) is 0 Å². The number of carbonyl (C=O) groups is 1. The molecule has 21 heavy (non-hydrogen) atoms. The van der Waals surface area contributed by atoms with E-state index in [0.717, 1.165) is 25.3 Å². The van der Waals surface area contributed by atoms with Crippen LogP contribution in [0, 0.1) is 11.8 Å². The van der Waals surface area contributed by atoms with Gasteiger partial charge >= 0.3 is 0 Å². The van der Waals surface area contributed by atoms with E-state index in [0.29, 0.717) is 18.0 Å². The van der Waals surface area contributed by atoms with Gasteiger partial charge in [-0.1, -0.05) is 45.4 Å². The fourth-order valence-electron chi connectivity index (χ4n) is 4.66. The summed E-state index contributed by atoms with van der Waals surface area (Å²) in [6.07, 6.45) is 14.5. The molecule has 0 aromatic carbocycles. The number of nitrogens with one attached hydrogen (secondary N) is 1. The van der Waals surface area contributed by atoms with E-state index in [1.165, 1.54) is 57.8 Å². The molecular weight excluding hydrogens is 260 g/mol. The molecule has 120 valence electrons. The summed E-state index contributed by atoms with van der Waals surface area (Å²) in [6, 6.07) is 0.108. The molecule has 2 unspecified atom stereocenters. The topological polar surface area (TPSA) is 32.3 Å². The molecule has 1 amide bonds. The minimum Gasteiger partial charge on any atom is -0.325 e. The molecule has 3 fully saturated rings. The van der Waals surface area contributed by atoms with Gasteiger partial charge in [-0.15, -0.1) is 0 Å². The minimum absolute atomic E-state index is 0.108. The highest BCUT2D eigenvalue weighted by Crippen LogP contribution is 2.35. The maximum Gasteiger partial charge on any atom is 0.241 e. The predicted molar refractivity (Wildman–Crippen MR) is 85.9 cm³/mol. The van der Waals surface area contributed by atoms with E-state index in [2.05, 4.69) is 17.1 Å². The van der Waals surface area contributed by atoms with E-state index in [1.54, 1.807) is 0 Å². The molecule has 0 bridgehead atoms. The standard InChI is InChI=1S/C18H32N2O/c1-2-3-12-16-18(21)20(13-14-8-4-5-9-14)17(19-16)15-10-6-7-11-15/h14-17,19H,2-13H2,1H3. The molecule has 1 aliphatic heterocycles. The van der Waals surface area contributed by atoms with E-state index < -0.39 is 0 Å². The van der Waals surface area contributed by atoms with Gasteiger partial charge in [0.1, 0.15) is 0 Å². The van der Waals surface area contributed by atoms with E-state index in [1.807, 2.05) is 0 Å². The normalized spacial score (nSPS) is 31.7. The van der Waals surface area contributed by atoms with E-state index in [4.69, 9.17) is 0 Å². The molecule has 3 rings (SSSR count). The monoisotopic (exact) mass is 292 g/mol. The number of hydrogen-bond acceptors (Lipinski definition) is 2. The summed E-state index contributed by atoms with van der Waals surface area (Å²) in [6.45, 7) is 3.24. The summed E-state index contributed by atoms with van der Waals surface area (Å²) in [5, 5.41) is 3.72. The van der Waals surface area contributed by atoms with Crippen LogP contribution >= 0.6 is 0 Å². The van der Waals surface area contributed by atoms with Crippen molar-refractivity contribution in [2.75, 3.05) is 6.54 Å². The maximum atomic E-state index is 12.8. The second kappa shape index (κ2) is 7.13. The third-order valence-corrected chi connectivity index (χ3v) is 5.91. The lowest BCUT2D eigenvalue weighted by molar-refractivity contribution is -0.131. The summed E-state index contributed by atoms with van der Waals surface area (Å²) < 4.78 is 0. The molecule has 1 N–H and O–H groups in total. The van der Waals surface area contributed by atoms with Crippen molar-refractivity contribution in [1.29, 1.82) is 0 Å². The summed E-state index contributed by atoms with van der Waals surface area (Å²) in [5.41, 5.74) is 0. The summed E-state index contributed by atoms with van der Waals surface area (Å²) in [7, 11) is 0. The zero-order chi connectivity index (χ0) is 14.7. The van der Waals surface area contributed by atoms with Crippen molar-refractivity contribution >= 4 is 5.91 Å². The highest BCUT2D eigenvalue weighted by molar-refractivity contribution is 5.84. The van der Waals surface area contributed by atoms with Crippen molar-refractivity contribution in [1.82, 2.24) is 10.2 Å². The molecule has 1 saturated heterocycles. The van der Waals surface area contributed by atoms with Crippen LogP contribution < -0.4 is 5.32 Å². The van der Waals surface area contributed by atoms with Gasteiger partial charge in [0.15, 0.2) is 0 Å². The van der Waals surface area contributed by atoms with Crippen LogP contribution in [0.1, 0.15) is 77.6 Å². The van der Waals surface area contributed by atoms with E-state index in [9.17, 15) is 4.79 Å². The number of rotatable bonds is 6. The maximum absolute atomic E-state index is 12.8. The Kier molecular flexibility index (Phi) is 5.20. The number of nitrogens with zero attached hydrogens (tertiary/aromatic N) is 1. The Labute approximate surface area is 129 Å². The van der Waals surface area contributed by atoms with Gasteiger partial charge < -0.3 is 4.90 Å². The van der Waals surface area contributed by atoms with Crippen LogP contribution in [0.15, 0.2) is 0 Å². The average Bonchev–Trinajstić information content (AvgIpc) is 3.21. The van der Waals surface area contributed by atoms with Gasteiger partial charge in [0.05, 0.1) is 12.2 Å². The van der Waals surface area contributed by atoms with Crippen LogP contribution in [-0.4, -0.2) is 29.6 Å². The number of carbonyl (C=O) groups excluding carboxylic acids is 1. The van der Waals surface area contributed by atoms with E-state index in [-0.39, 0.29) is 6.04 Å². The number of unbranched alkanes of at least 4 members (excludes halogenated alkanes) is 1. The lowest BCUT2D eigenvalue weighted by Crippen LogP contribution is -2.44. The Morgan fingerprint density at radius 1 is 1.10 bits per heavy atom. The zero-order valence-corrected chi connectivity index (χ0v) is 13.7. The van der Waals surface area contributed by atoms with Crippen molar-refractivity contribution < 1.29 is 4.79 Å². The third-order valence-electron chi connectivity index (χ3n) is 5.91. The minimum atomic E-state index is 0.108. The molecule has 2 atom stereocenters. The Bertz CT molecular complexity index is 345. The summed E-state index contributed by atoms with van der Waals surface area (Å²) >= 11 is 0. The smallest absolute Gasteiger partial charge is 0.241 e. The van der Waals surface area contributed by atoms with Gasteiger partial charge in [-0.25, -0.2) is 0 Å². The fourth-order valence-corrected chi connectivity index (χ4v) is 4.66. The third kappa shape index (κ3) is 3.44. The van der Waals surface area contributed by atoms with Gasteiger partial charge in [-0.2, -0.15) is 0 Å². The van der Waals surface area contributed by atoms with Gasteiger partial charge in [-0.05, 0) is 43.9 Å². The first kappa shape index (κ1) is 15.3. The first-order valence-corrected chi connectivity index (χ1v) is 9.36. The fraction of sp³-hybridized carbons (Fsp3) is 0.944. The van der Waals surface area contributed by atoms with Gasteiger partial charge in [0.25, 0.3) is 0 Å². The quantitative estimate of drug-likeness (QED) is 0.810. The Morgan fingerprint density at radius 3 is 2.43 bits per heavy atom. The van der Waals surface area contributed by atoms with Crippen LogP contribution in [-0.2, 0) is 4.79 Å². The van der Waals surface area contributed by atoms with Crippen LogP contribution in [0.25, 0.3) is 0 Å². The number of amides is 1. The lowest BCUT2D eigenvalue weighted by Gasteiger charge is -2.31. The van der Waals surface area contributed by atoms with Crippen molar-refractivity contribution in [3.8, 4) is 0 Å². The van der Waals surface area contributed by atoms with Crippen LogP contribution in [0.3, 0.4) is 0 Å². The van der Waals surface area contributed by atoms with Crippen molar-refractivity contribution in [2.24, 2.45) is 11.8 Å². The molecule has 2 saturated carbocycles. The molecule has 3 nitrogen and oxygen atoms in total. The van der Waals surface area contributed by atoms with Gasteiger partial charge in [0, 0.05) is 6.54 Å². The second-order valence-electron chi connectivity index (χ2n) is 7.49. The Morgan fingerprint density at radius 2 is 1.76 bits per heavy atom. The molecule has 3 aliphatic rings. The Balaban J connectivity index is 1.66. The average molecular weight is 292 g/mol. The molecule has 0 spiro atoms. The molecule has 0 radical (unpaired) electrons. The highest BCUT2D eigenvalue weighted by atomic mass is 16.2. The number of hydrogen-bond donors (Lipinski definition) is 1. The SMILES string of the molecule is CCCCC1NC(C2CCCC2)N(CC2CCCC2)C1=O. The molecule has 3 heteroatoms. The van der Waals surface area contributed by atoms with Crippen LogP contribution in [0.2, 0.25) is 0 Å². The zero-order valence-electron chi connectivity index (χ0n) is 13.7. The summed E-state index contributed by atoms with van der Waals surface area (Å²) in [5.74, 6) is 1.89. The molecule has 0 aromatic rings. The molecular formula is C18H32N2O. The van der Waals surface area contributed by atoms with Gasteiger partial charge in [-0.3, -0.25) is 10.1 Å². The molecule has 2 aliphatic carbocycles. The van der Waals surface area contributed by atoms with Crippen molar-refractivity contribution in [3.63, 3.8) is 0 Å². The second-order valence-corrected chi connectivity index (χ2v) is 7.49. The van der Waals surface area contributed by atoms with Crippen molar-refractivity contribution in [2.45, 2.75) is 89.8 Å². The molecule has 1 heterocycles. The highest BCUT2D eigenvalue weighted by Gasteiger charge is 2.43. The summed E-state index contributed by atoms with van der Waals surface area (Å²) in [4.78, 5) is 15.1. The van der Waals surface area contributed by atoms with Crippen LogP contribution in [0.5, 0.6) is 0 Å². The molecule has 0 aromatic heterocycles. The van der Waals surface area contributed by atoms with E-state index >= 15 is 0 Å². The Hall–Kier alpha value is -0.570. The first-order chi connectivity index (χ1) is 10.3. The lowest BCUT2D eigenvalue weighted by atomic mass is 10.0.